The normalized spacial score (nSPS) is 10.4. The lowest BCUT2D eigenvalue weighted by Crippen LogP contribution is -1.92. The number of aromatic hydroxyl groups is 1. The van der Waals surface area contributed by atoms with Gasteiger partial charge in [-0.25, -0.2) is 4.39 Å². The molecule has 0 aliphatic heterocycles. The third-order valence-electron chi connectivity index (χ3n) is 2.46. The first-order valence-corrected chi connectivity index (χ1v) is 4.93. The van der Waals surface area contributed by atoms with Gasteiger partial charge >= 0.3 is 0 Å². The lowest BCUT2D eigenvalue weighted by atomic mass is 10.0. The second-order valence-electron chi connectivity index (χ2n) is 3.76. The van der Waals surface area contributed by atoms with Gasteiger partial charge in [-0.3, -0.25) is 0 Å². The minimum atomic E-state index is -0.600. The van der Waals surface area contributed by atoms with Crippen molar-refractivity contribution in [1.82, 2.24) is 0 Å². The maximum Gasteiger partial charge on any atom is 0.150 e. The average Bonchev–Trinajstić information content (AvgIpc) is 2.25. The average molecular weight is 217 g/mol. The molecule has 0 unspecified atom stereocenters. The van der Waals surface area contributed by atoms with Crippen molar-refractivity contribution >= 4 is 5.69 Å². The van der Waals surface area contributed by atoms with Crippen LogP contribution in [0.4, 0.5) is 10.1 Å². The number of hydrogen-bond donors (Lipinski definition) is 2. The monoisotopic (exact) mass is 217 g/mol. The molecule has 2 aromatic carbocycles. The summed E-state index contributed by atoms with van der Waals surface area (Å²) in [6.07, 6.45) is 0. The number of hydrogen-bond acceptors (Lipinski definition) is 2. The minimum Gasteiger partial charge on any atom is -0.506 e. The van der Waals surface area contributed by atoms with Crippen molar-refractivity contribution in [2.24, 2.45) is 0 Å². The van der Waals surface area contributed by atoms with Crippen LogP contribution in [0.5, 0.6) is 5.75 Å². The van der Waals surface area contributed by atoms with Gasteiger partial charge in [-0.1, -0.05) is 29.8 Å². The van der Waals surface area contributed by atoms with Crippen LogP contribution < -0.4 is 5.73 Å². The summed E-state index contributed by atoms with van der Waals surface area (Å²) in [5.41, 5.74) is 7.67. The van der Waals surface area contributed by atoms with Gasteiger partial charge in [-0.2, -0.15) is 0 Å². The molecule has 82 valence electrons. The third-order valence-corrected chi connectivity index (χ3v) is 2.46. The van der Waals surface area contributed by atoms with Gasteiger partial charge < -0.3 is 10.8 Å². The van der Waals surface area contributed by atoms with E-state index in [4.69, 9.17) is 5.73 Å². The van der Waals surface area contributed by atoms with Crippen LogP contribution in [0.3, 0.4) is 0 Å². The van der Waals surface area contributed by atoms with Gasteiger partial charge in [0.15, 0.2) is 5.82 Å². The quantitative estimate of drug-likeness (QED) is 0.569. The van der Waals surface area contributed by atoms with Crippen LogP contribution in [0, 0.1) is 12.7 Å². The van der Waals surface area contributed by atoms with Gasteiger partial charge in [0.05, 0.1) is 0 Å². The summed E-state index contributed by atoms with van der Waals surface area (Å²) in [6, 6.07) is 10.4. The summed E-state index contributed by atoms with van der Waals surface area (Å²) in [4.78, 5) is 0. The molecule has 0 aliphatic carbocycles. The van der Waals surface area contributed by atoms with E-state index in [0.29, 0.717) is 5.56 Å². The van der Waals surface area contributed by atoms with E-state index in [0.717, 1.165) is 11.1 Å². The summed E-state index contributed by atoms with van der Waals surface area (Å²) in [5, 5.41) is 9.45. The summed E-state index contributed by atoms with van der Waals surface area (Å²) in [6.45, 7) is 1.96. The minimum absolute atomic E-state index is 0.212. The van der Waals surface area contributed by atoms with Crippen LogP contribution in [0.25, 0.3) is 11.1 Å². The van der Waals surface area contributed by atoms with Gasteiger partial charge in [-0.05, 0) is 30.2 Å². The molecule has 0 saturated heterocycles. The number of halogens is 1. The Morgan fingerprint density at radius 1 is 1.12 bits per heavy atom. The second-order valence-corrected chi connectivity index (χ2v) is 3.76. The first-order valence-electron chi connectivity index (χ1n) is 4.93. The van der Waals surface area contributed by atoms with E-state index >= 15 is 0 Å². The molecular formula is C13H12FNO. The summed E-state index contributed by atoms with van der Waals surface area (Å²) in [7, 11) is 0. The molecule has 0 atom stereocenters. The zero-order valence-electron chi connectivity index (χ0n) is 8.87. The molecule has 16 heavy (non-hydrogen) atoms. The van der Waals surface area contributed by atoms with Crippen molar-refractivity contribution < 1.29 is 9.50 Å². The van der Waals surface area contributed by atoms with Crippen molar-refractivity contribution in [3.8, 4) is 16.9 Å². The van der Waals surface area contributed by atoms with Crippen LogP contribution in [0.15, 0.2) is 36.4 Å². The molecule has 0 saturated carbocycles. The van der Waals surface area contributed by atoms with E-state index < -0.39 is 5.82 Å². The Kier molecular flexibility index (Phi) is 2.52. The number of nitrogens with two attached hydrogens (primary N) is 1. The molecule has 3 heteroatoms. The molecule has 0 aliphatic rings. The summed E-state index contributed by atoms with van der Waals surface area (Å²) < 4.78 is 13.3. The number of aryl methyl sites for hydroxylation is 1. The van der Waals surface area contributed by atoms with Crippen LogP contribution in [-0.2, 0) is 0 Å². The molecule has 0 fully saturated rings. The number of phenols is 1. The smallest absolute Gasteiger partial charge is 0.150 e. The van der Waals surface area contributed by atoms with Gasteiger partial charge in [0.2, 0.25) is 0 Å². The third kappa shape index (κ3) is 1.84. The topological polar surface area (TPSA) is 46.2 Å². The number of rotatable bonds is 1. The fraction of sp³-hybridized carbons (Fsp3) is 0.0769. The van der Waals surface area contributed by atoms with Crippen LogP contribution in [-0.4, -0.2) is 5.11 Å². The van der Waals surface area contributed by atoms with Gasteiger partial charge in [-0.15, -0.1) is 0 Å². The second kappa shape index (κ2) is 3.85. The Hall–Kier alpha value is -2.03. The van der Waals surface area contributed by atoms with Crippen molar-refractivity contribution in [2.45, 2.75) is 6.92 Å². The van der Waals surface area contributed by atoms with E-state index in [2.05, 4.69) is 0 Å². The number of phenolic OH excluding ortho intramolecular Hbond substituents is 1. The Morgan fingerprint density at radius 3 is 2.50 bits per heavy atom. The van der Waals surface area contributed by atoms with Crippen molar-refractivity contribution in [3.63, 3.8) is 0 Å². The first-order chi connectivity index (χ1) is 7.58. The summed E-state index contributed by atoms with van der Waals surface area (Å²) >= 11 is 0. The van der Waals surface area contributed by atoms with E-state index in [1.807, 2.05) is 31.2 Å². The Morgan fingerprint density at radius 2 is 1.88 bits per heavy atom. The van der Waals surface area contributed by atoms with E-state index in [1.165, 1.54) is 12.1 Å². The molecule has 0 bridgehead atoms. The van der Waals surface area contributed by atoms with Crippen molar-refractivity contribution in [1.29, 1.82) is 0 Å². The predicted octanol–water partition coefficient (Wildman–Crippen LogP) is 3.09. The molecule has 2 nitrogen and oxygen atoms in total. The standard InChI is InChI=1S/C13H12FNO/c1-8-3-2-4-9(5-8)10-6-11(14)13(15)12(16)7-10/h2-7,16H,15H2,1H3. The highest BCUT2D eigenvalue weighted by atomic mass is 19.1. The van der Waals surface area contributed by atoms with E-state index in [-0.39, 0.29) is 11.4 Å². The van der Waals surface area contributed by atoms with Crippen molar-refractivity contribution in [3.05, 3.63) is 47.8 Å². The molecule has 0 amide bonds. The highest BCUT2D eigenvalue weighted by molar-refractivity contribution is 5.70. The number of anilines is 1. The molecule has 2 aromatic rings. The highest BCUT2D eigenvalue weighted by Gasteiger charge is 2.08. The van der Waals surface area contributed by atoms with Crippen LogP contribution in [0.1, 0.15) is 5.56 Å². The molecule has 0 radical (unpaired) electrons. The van der Waals surface area contributed by atoms with Gasteiger partial charge in [0, 0.05) is 0 Å². The maximum absolute atomic E-state index is 13.3. The number of nitrogen functional groups attached to an aromatic ring is 1. The number of benzene rings is 2. The van der Waals surface area contributed by atoms with Gasteiger partial charge in [0.25, 0.3) is 0 Å². The summed E-state index contributed by atoms with van der Waals surface area (Å²) in [5.74, 6) is -0.826. The van der Waals surface area contributed by atoms with Crippen molar-refractivity contribution in [2.75, 3.05) is 5.73 Å². The van der Waals surface area contributed by atoms with E-state index in [1.54, 1.807) is 0 Å². The lowest BCUT2D eigenvalue weighted by molar-refractivity contribution is 0.473. The van der Waals surface area contributed by atoms with Crippen LogP contribution >= 0.6 is 0 Å². The van der Waals surface area contributed by atoms with Gasteiger partial charge in [0.1, 0.15) is 11.4 Å². The Labute approximate surface area is 93.2 Å². The predicted molar refractivity (Wildman–Crippen MR) is 62.7 cm³/mol. The fourth-order valence-corrected chi connectivity index (χ4v) is 1.59. The fourth-order valence-electron chi connectivity index (χ4n) is 1.59. The lowest BCUT2D eigenvalue weighted by Gasteiger charge is -2.06. The SMILES string of the molecule is Cc1cccc(-c2cc(O)c(N)c(F)c2)c1. The molecule has 0 heterocycles. The Balaban J connectivity index is 2.57. The zero-order chi connectivity index (χ0) is 11.7. The largest absolute Gasteiger partial charge is 0.506 e. The highest BCUT2D eigenvalue weighted by Crippen LogP contribution is 2.30. The zero-order valence-corrected chi connectivity index (χ0v) is 8.87. The molecular weight excluding hydrogens is 205 g/mol. The maximum atomic E-state index is 13.3. The molecule has 0 aromatic heterocycles. The molecule has 0 spiro atoms. The Bertz CT molecular complexity index is 514. The molecule has 2 rings (SSSR count). The first kappa shape index (κ1) is 10.5. The van der Waals surface area contributed by atoms with E-state index in [9.17, 15) is 9.50 Å². The van der Waals surface area contributed by atoms with Crippen LogP contribution in [0.2, 0.25) is 0 Å². The molecule has 3 N–H and O–H groups in total.